The number of anilines is 5. The Morgan fingerprint density at radius 2 is 1.71 bits per heavy atom. The van der Waals surface area contributed by atoms with Crippen LogP contribution in [-0.2, 0) is 45.4 Å². The van der Waals surface area contributed by atoms with Crippen LogP contribution in [0.2, 0.25) is 0 Å². The fourth-order valence-electron chi connectivity index (χ4n) is 6.89. The first-order valence-corrected chi connectivity index (χ1v) is 19.5. The number of rotatable bonds is 11. The van der Waals surface area contributed by atoms with Crippen LogP contribution in [0.3, 0.4) is 0 Å². The van der Waals surface area contributed by atoms with Gasteiger partial charge in [-0.15, -0.1) is 0 Å². The third-order valence-corrected chi connectivity index (χ3v) is 11.1. The molecule has 294 valence electrons. The zero-order chi connectivity index (χ0) is 39.8. The molecule has 4 aromatic rings. The third kappa shape index (κ3) is 8.35. The molecule has 3 aliphatic rings. The highest BCUT2D eigenvalue weighted by Gasteiger charge is 2.39. The van der Waals surface area contributed by atoms with E-state index in [2.05, 4.69) is 45.7 Å². The summed E-state index contributed by atoms with van der Waals surface area (Å²) in [7, 11) is -2.44. The quantitative estimate of drug-likeness (QED) is 0.188. The largest absolute Gasteiger partial charge is 0.421 e. The van der Waals surface area contributed by atoms with Gasteiger partial charge in [0.1, 0.15) is 23.1 Å². The van der Waals surface area contributed by atoms with Crippen molar-refractivity contribution < 1.29 is 36.0 Å². The van der Waals surface area contributed by atoms with Crippen LogP contribution < -0.4 is 25.2 Å². The summed E-state index contributed by atoms with van der Waals surface area (Å²) in [5.41, 5.74) is 3.02. The van der Waals surface area contributed by atoms with E-state index in [9.17, 15) is 36.0 Å². The number of piperidine rings is 1. The van der Waals surface area contributed by atoms with Crippen molar-refractivity contribution >= 4 is 56.7 Å². The van der Waals surface area contributed by atoms with Crippen molar-refractivity contribution in [1.82, 2.24) is 35.1 Å². The minimum atomic E-state index is -4.77. The fraction of sp³-hybridized carbons (Fsp3) is 0.361. The van der Waals surface area contributed by atoms with Crippen molar-refractivity contribution in [3.63, 3.8) is 0 Å². The molecule has 2 aromatic heterocycles. The van der Waals surface area contributed by atoms with Gasteiger partial charge in [-0.05, 0) is 47.9 Å². The Morgan fingerprint density at radius 3 is 2.41 bits per heavy atom. The minimum absolute atomic E-state index is 0.0376. The number of nitrogens with one attached hydrogen (secondary N) is 3. The van der Waals surface area contributed by atoms with Gasteiger partial charge in [-0.1, -0.05) is 12.1 Å². The van der Waals surface area contributed by atoms with Gasteiger partial charge in [0, 0.05) is 88.3 Å². The van der Waals surface area contributed by atoms with Gasteiger partial charge in [-0.2, -0.15) is 18.2 Å². The van der Waals surface area contributed by atoms with E-state index in [1.54, 1.807) is 17.0 Å². The number of fused-ring (bicyclic) bond motifs is 1. The Labute approximate surface area is 320 Å². The number of hydrogen-bond donors (Lipinski definition) is 3. The van der Waals surface area contributed by atoms with Gasteiger partial charge < -0.3 is 20.4 Å². The Hall–Kier alpha value is -5.89. The Morgan fingerprint density at radius 1 is 0.982 bits per heavy atom. The molecule has 0 radical (unpaired) electrons. The van der Waals surface area contributed by atoms with E-state index in [4.69, 9.17) is 0 Å². The number of nitrogens with zero attached hydrogens (tertiary/aromatic N) is 8. The lowest BCUT2D eigenvalue weighted by molar-refractivity contribution is -0.138. The molecule has 7 rings (SSSR count). The summed E-state index contributed by atoms with van der Waals surface area (Å²) in [6.45, 7) is 3.80. The molecule has 3 aliphatic heterocycles. The maximum Gasteiger partial charge on any atom is 0.421 e. The SMILES string of the molecule is CN(c1nccnc1CNc1nc(Nc2ccc(N3CCN(Cc4ccc5c(c4)CN(C4CCC(=O)NC4=O)C5=O)CC3)cc2)ncc1C(F)(F)F)S(C)(=O)=O. The van der Waals surface area contributed by atoms with Crippen molar-refractivity contribution in [2.24, 2.45) is 0 Å². The molecule has 3 amide bonds. The summed E-state index contributed by atoms with van der Waals surface area (Å²) in [4.78, 5) is 59.3. The monoisotopic (exact) mass is 793 g/mol. The van der Waals surface area contributed by atoms with Crippen LogP contribution in [0, 0.1) is 0 Å². The molecule has 16 nitrogen and oxygen atoms in total. The lowest BCUT2D eigenvalue weighted by atomic mass is 10.0. The molecule has 0 aliphatic carbocycles. The average molecular weight is 794 g/mol. The number of hydrogen-bond acceptors (Lipinski definition) is 13. The number of halogens is 3. The molecule has 0 saturated carbocycles. The molecular formula is C36H38F3N11O5S. The van der Waals surface area contributed by atoms with Crippen LogP contribution >= 0.6 is 0 Å². The molecule has 1 unspecified atom stereocenters. The molecule has 1 atom stereocenters. The van der Waals surface area contributed by atoms with E-state index < -0.39 is 39.5 Å². The highest BCUT2D eigenvalue weighted by Crippen LogP contribution is 2.35. The van der Waals surface area contributed by atoms with E-state index in [1.807, 2.05) is 30.3 Å². The second kappa shape index (κ2) is 15.3. The van der Waals surface area contributed by atoms with Crippen LogP contribution in [0.15, 0.2) is 61.1 Å². The number of piperazine rings is 1. The predicted octanol–water partition coefficient (Wildman–Crippen LogP) is 3.12. The molecule has 20 heteroatoms. The Bertz CT molecular complexity index is 2270. The van der Waals surface area contributed by atoms with Gasteiger partial charge in [0.2, 0.25) is 27.8 Å². The second-order valence-electron chi connectivity index (χ2n) is 13.7. The number of benzene rings is 2. The number of aromatic nitrogens is 4. The molecule has 5 heterocycles. The predicted molar refractivity (Wildman–Crippen MR) is 199 cm³/mol. The molecule has 2 aromatic carbocycles. The van der Waals surface area contributed by atoms with Gasteiger partial charge in [0.15, 0.2) is 5.82 Å². The molecular weight excluding hydrogens is 756 g/mol. The summed E-state index contributed by atoms with van der Waals surface area (Å²) >= 11 is 0. The molecule has 3 N–H and O–H groups in total. The summed E-state index contributed by atoms with van der Waals surface area (Å²) in [6, 6.07) is 12.5. The standard InChI is InChI=1S/C36H38F3N11O5S/c1-47(56(2,54)55)32-28(40-11-12-41-32)19-42-31-27(36(37,38)39)18-43-35(46-31)44-24-4-6-25(7-5-24)49-15-13-48(14-16-49)20-22-3-8-26-23(17-22)21-50(34(26)53)29-9-10-30(51)45-33(29)52/h3-8,11-12,17-18,29H,9-10,13-16,19-21H2,1-2H3,(H,45,51,52)(H2,42,43,44,46). The number of carbonyl (C=O) groups is 3. The van der Waals surface area contributed by atoms with E-state index in [1.165, 1.54) is 19.4 Å². The van der Waals surface area contributed by atoms with Crippen molar-refractivity contribution in [2.45, 2.75) is 44.7 Å². The van der Waals surface area contributed by atoms with Gasteiger partial charge in [-0.3, -0.25) is 33.9 Å². The lowest BCUT2D eigenvalue weighted by Gasteiger charge is -2.36. The average Bonchev–Trinajstić information content (AvgIpc) is 3.48. The van der Waals surface area contributed by atoms with Crippen molar-refractivity contribution in [2.75, 3.05) is 59.3 Å². The minimum Gasteiger partial charge on any atom is -0.369 e. The molecule has 2 fully saturated rings. The van der Waals surface area contributed by atoms with E-state index in [-0.39, 0.29) is 42.2 Å². The number of amides is 3. The number of imide groups is 1. The van der Waals surface area contributed by atoms with Gasteiger partial charge >= 0.3 is 6.18 Å². The number of alkyl halides is 3. The first-order chi connectivity index (χ1) is 26.6. The van der Waals surface area contributed by atoms with Gasteiger partial charge in [-0.25, -0.2) is 18.4 Å². The lowest BCUT2D eigenvalue weighted by Crippen LogP contribution is -2.52. The van der Waals surface area contributed by atoms with Crippen LogP contribution in [0.4, 0.5) is 42.1 Å². The van der Waals surface area contributed by atoms with Crippen LogP contribution in [0.25, 0.3) is 0 Å². The first kappa shape index (κ1) is 38.4. The summed E-state index contributed by atoms with van der Waals surface area (Å²) in [5.74, 6) is -1.60. The van der Waals surface area contributed by atoms with Crippen LogP contribution in [-0.4, -0.2) is 101 Å². The first-order valence-electron chi connectivity index (χ1n) is 17.7. The van der Waals surface area contributed by atoms with Crippen molar-refractivity contribution in [3.05, 3.63) is 89.0 Å². The highest BCUT2D eigenvalue weighted by molar-refractivity contribution is 7.92. The zero-order valence-corrected chi connectivity index (χ0v) is 31.2. The maximum atomic E-state index is 13.9. The molecule has 56 heavy (non-hydrogen) atoms. The highest BCUT2D eigenvalue weighted by atomic mass is 32.2. The Kier molecular flexibility index (Phi) is 10.5. The van der Waals surface area contributed by atoms with Gasteiger partial charge in [0.05, 0.1) is 12.8 Å². The van der Waals surface area contributed by atoms with Crippen molar-refractivity contribution in [3.8, 4) is 0 Å². The van der Waals surface area contributed by atoms with E-state index >= 15 is 0 Å². The Balaban J connectivity index is 0.947. The second-order valence-corrected chi connectivity index (χ2v) is 15.7. The van der Waals surface area contributed by atoms with E-state index in [0.29, 0.717) is 37.0 Å². The molecule has 0 bridgehead atoms. The fourth-order valence-corrected chi connectivity index (χ4v) is 7.36. The zero-order valence-electron chi connectivity index (χ0n) is 30.4. The summed E-state index contributed by atoms with van der Waals surface area (Å²) < 4.78 is 66.8. The number of sulfonamides is 1. The van der Waals surface area contributed by atoms with Gasteiger partial charge in [0.25, 0.3) is 5.91 Å². The molecule has 0 spiro atoms. The summed E-state index contributed by atoms with van der Waals surface area (Å²) in [5, 5.41) is 7.91. The van der Waals surface area contributed by atoms with Crippen molar-refractivity contribution in [1.29, 1.82) is 0 Å². The van der Waals surface area contributed by atoms with Crippen LogP contribution in [0.1, 0.15) is 45.6 Å². The third-order valence-electron chi connectivity index (χ3n) is 9.92. The molecule has 2 saturated heterocycles. The topological polar surface area (TPSA) is 186 Å². The number of carbonyl (C=O) groups excluding carboxylic acids is 3. The normalized spacial score (nSPS) is 17.8. The van der Waals surface area contributed by atoms with E-state index in [0.717, 1.165) is 53.6 Å². The smallest absolute Gasteiger partial charge is 0.369 e. The van der Waals surface area contributed by atoms with Crippen LogP contribution in [0.5, 0.6) is 0 Å². The maximum absolute atomic E-state index is 13.9. The summed E-state index contributed by atoms with van der Waals surface area (Å²) in [6.07, 6.45) is -0.0186.